The largest absolute Gasteiger partial charge is 0.449 e. The van der Waals surface area contributed by atoms with Crippen LogP contribution in [-0.4, -0.2) is 30.7 Å². The number of unbranched alkanes of at least 4 members (excludes halogenated alkanes) is 1. The second kappa shape index (κ2) is 5.48. The van der Waals surface area contributed by atoms with Gasteiger partial charge in [-0.1, -0.05) is 13.3 Å². The van der Waals surface area contributed by atoms with E-state index in [0.717, 1.165) is 19.3 Å². The quantitative estimate of drug-likeness (QED) is 0.646. The monoisotopic (exact) mass is 196 g/mol. The first-order chi connectivity index (χ1) is 6.77. The average Bonchev–Trinajstić information content (AvgIpc) is 2.66. The molecule has 0 aromatic rings. The fourth-order valence-corrected chi connectivity index (χ4v) is 1.43. The Bertz CT molecular complexity index is 235. The summed E-state index contributed by atoms with van der Waals surface area (Å²) in [6, 6.07) is 2.17. The van der Waals surface area contributed by atoms with Gasteiger partial charge in [-0.05, 0) is 12.8 Å². The van der Waals surface area contributed by atoms with Crippen LogP contribution in [0.5, 0.6) is 0 Å². The van der Waals surface area contributed by atoms with Crippen LogP contribution in [0.25, 0.3) is 0 Å². The minimum atomic E-state index is -0.267. The van der Waals surface area contributed by atoms with Crippen molar-refractivity contribution in [1.82, 2.24) is 4.90 Å². The number of carbonyl (C=O) groups is 1. The summed E-state index contributed by atoms with van der Waals surface area (Å²) >= 11 is 0. The van der Waals surface area contributed by atoms with Crippen molar-refractivity contribution in [2.45, 2.75) is 26.2 Å². The predicted octanol–water partition coefficient (Wildman–Crippen LogP) is 1.77. The molecule has 4 heteroatoms. The van der Waals surface area contributed by atoms with Gasteiger partial charge in [-0.15, -0.1) is 0 Å². The Labute approximate surface area is 84.4 Å². The Kier molecular flexibility index (Phi) is 4.24. The molecular weight excluding hydrogens is 180 g/mol. The van der Waals surface area contributed by atoms with Gasteiger partial charge in [0.15, 0.2) is 0 Å². The number of nitriles is 1. The molecule has 78 valence electrons. The highest BCUT2D eigenvalue weighted by Crippen LogP contribution is 2.15. The molecule has 1 unspecified atom stereocenters. The van der Waals surface area contributed by atoms with Gasteiger partial charge in [-0.2, -0.15) is 5.26 Å². The fourth-order valence-electron chi connectivity index (χ4n) is 1.43. The number of ether oxygens (including phenoxy) is 1. The van der Waals surface area contributed by atoms with Crippen molar-refractivity contribution in [2.24, 2.45) is 5.92 Å². The molecule has 1 aliphatic rings. The van der Waals surface area contributed by atoms with E-state index in [1.807, 2.05) is 0 Å². The zero-order valence-corrected chi connectivity index (χ0v) is 8.53. The topological polar surface area (TPSA) is 53.3 Å². The van der Waals surface area contributed by atoms with Gasteiger partial charge in [0.05, 0.1) is 18.6 Å². The lowest BCUT2D eigenvalue weighted by Gasteiger charge is -2.14. The lowest BCUT2D eigenvalue weighted by molar-refractivity contribution is 0.108. The maximum atomic E-state index is 11.4. The predicted molar refractivity (Wildman–Crippen MR) is 51.5 cm³/mol. The molecule has 1 rings (SSSR count). The van der Waals surface area contributed by atoms with E-state index in [1.165, 1.54) is 0 Å². The number of amides is 1. The van der Waals surface area contributed by atoms with Gasteiger partial charge in [0.2, 0.25) is 0 Å². The SMILES string of the molecule is CCCCOC(=O)N1CCC(C#N)C1. The fraction of sp³-hybridized carbons (Fsp3) is 0.800. The Balaban J connectivity index is 2.22. The summed E-state index contributed by atoms with van der Waals surface area (Å²) in [4.78, 5) is 13.0. The first-order valence-corrected chi connectivity index (χ1v) is 5.09. The van der Waals surface area contributed by atoms with Crippen molar-refractivity contribution in [2.75, 3.05) is 19.7 Å². The lowest BCUT2D eigenvalue weighted by Crippen LogP contribution is -2.29. The molecule has 1 atom stereocenters. The van der Waals surface area contributed by atoms with Crippen molar-refractivity contribution in [1.29, 1.82) is 5.26 Å². The molecule has 0 radical (unpaired) electrons. The van der Waals surface area contributed by atoms with E-state index in [2.05, 4.69) is 13.0 Å². The first-order valence-electron chi connectivity index (χ1n) is 5.09. The lowest BCUT2D eigenvalue weighted by atomic mass is 10.1. The van der Waals surface area contributed by atoms with Crippen molar-refractivity contribution in [3.8, 4) is 6.07 Å². The summed E-state index contributed by atoms with van der Waals surface area (Å²) in [5, 5.41) is 8.65. The summed E-state index contributed by atoms with van der Waals surface area (Å²) in [5.41, 5.74) is 0. The third-order valence-corrected chi connectivity index (χ3v) is 2.35. The van der Waals surface area contributed by atoms with E-state index in [-0.39, 0.29) is 12.0 Å². The zero-order valence-electron chi connectivity index (χ0n) is 8.53. The molecule has 14 heavy (non-hydrogen) atoms. The third kappa shape index (κ3) is 2.91. The van der Waals surface area contributed by atoms with Crippen LogP contribution in [0.3, 0.4) is 0 Å². The molecule has 1 amide bonds. The molecule has 0 aliphatic carbocycles. The van der Waals surface area contributed by atoms with Gasteiger partial charge >= 0.3 is 6.09 Å². The number of hydrogen-bond acceptors (Lipinski definition) is 3. The summed E-state index contributed by atoms with van der Waals surface area (Å²) in [6.07, 6.45) is 2.44. The van der Waals surface area contributed by atoms with Crippen molar-refractivity contribution in [3.05, 3.63) is 0 Å². The van der Waals surface area contributed by atoms with Gasteiger partial charge in [0.25, 0.3) is 0 Å². The van der Waals surface area contributed by atoms with Crippen LogP contribution in [0.1, 0.15) is 26.2 Å². The zero-order chi connectivity index (χ0) is 10.4. The molecule has 0 bridgehead atoms. The standard InChI is InChI=1S/C10H16N2O2/c1-2-3-6-14-10(13)12-5-4-9(7-11)8-12/h9H,2-6,8H2,1H3. The summed E-state index contributed by atoms with van der Waals surface area (Å²) in [5.74, 6) is -0.00581. The number of carbonyl (C=O) groups excluding carboxylic acids is 1. The van der Waals surface area contributed by atoms with E-state index in [1.54, 1.807) is 4.90 Å². The molecule has 0 spiro atoms. The van der Waals surface area contributed by atoms with Gasteiger partial charge < -0.3 is 9.64 Å². The highest BCUT2D eigenvalue weighted by Gasteiger charge is 2.26. The molecule has 0 saturated carbocycles. The highest BCUT2D eigenvalue weighted by atomic mass is 16.6. The average molecular weight is 196 g/mol. The third-order valence-electron chi connectivity index (χ3n) is 2.35. The van der Waals surface area contributed by atoms with Gasteiger partial charge in [-0.3, -0.25) is 0 Å². The maximum Gasteiger partial charge on any atom is 0.409 e. The van der Waals surface area contributed by atoms with Gasteiger partial charge in [0, 0.05) is 13.1 Å². The van der Waals surface area contributed by atoms with Gasteiger partial charge in [-0.25, -0.2) is 4.79 Å². The highest BCUT2D eigenvalue weighted by molar-refractivity contribution is 5.68. The molecular formula is C10H16N2O2. The molecule has 1 fully saturated rings. The summed E-state index contributed by atoms with van der Waals surface area (Å²) < 4.78 is 5.04. The molecule has 1 heterocycles. The number of hydrogen-bond donors (Lipinski definition) is 0. The number of likely N-dealkylation sites (tertiary alicyclic amines) is 1. The number of rotatable bonds is 3. The smallest absolute Gasteiger partial charge is 0.409 e. The van der Waals surface area contributed by atoms with Crippen LogP contribution in [0.2, 0.25) is 0 Å². The van der Waals surface area contributed by atoms with Crippen LogP contribution in [-0.2, 0) is 4.74 Å². The Hall–Kier alpha value is -1.24. The summed E-state index contributed by atoms with van der Waals surface area (Å²) in [7, 11) is 0. The van der Waals surface area contributed by atoms with Gasteiger partial charge in [0.1, 0.15) is 0 Å². The van der Waals surface area contributed by atoms with E-state index in [9.17, 15) is 4.79 Å². The molecule has 0 aromatic heterocycles. The van der Waals surface area contributed by atoms with Crippen LogP contribution < -0.4 is 0 Å². The van der Waals surface area contributed by atoms with Crippen LogP contribution >= 0.6 is 0 Å². The van der Waals surface area contributed by atoms with Crippen molar-refractivity contribution >= 4 is 6.09 Å². The molecule has 0 aromatic carbocycles. The van der Waals surface area contributed by atoms with Crippen molar-refractivity contribution in [3.63, 3.8) is 0 Å². The van der Waals surface area contributed by atoms with E-state index < -0.39 is 0 Å². The minimum Gasteiger partial charge on any atom is -0.449 e. The maximum absolute atomic E-state index is 11.4. The van der Waals surface area contributed by atoms with Crippen molar-refractivity contribution < 1.29 is 9.53 Å². The van der Waals surface area contributed by atoms with E-state index in [0.29, 0.717) is 19.7 Å². The second-order valence-corrected chi connectivity index (χ2v) is 3.53. The normalized spacial score (nSPS) is 20.6. The first kappa shape index (κ1) is 10.8. The minimum absolute atomic E-state index is 0.00581. The van der Waals surface area contributed by atoms with Crippen LogP contribution in [0.15, 0.2) is 0 Å². The summed E-state index contributed by atoms with van der Waals surface area (Å²) in [6.45, 7) is 3.73. The van der Waals surface area contributed by atoms with Crippen LogP contribution in [0, 0.1) is 17.2 Å². The number of nitrogens with zero attached hydrogens (tertiary/aromatic N) is 2. The molecule has 1 saturated heterocycles. The van der Waals surface area contributed by atoms with E-state index in [4.69, 9.17) is 10.00 Å². The molecule has 0 N–H and O–H groups in total. The Morgan fingerprint density at radius 1 is 1.71 bits per heavy atom. The van der Waals surface area contributed by atoms with E-state index >= 15 is 0 Å². The molecule has 1 aliphatic heterocycles. The second-order valence-electron chi connectivity index (χ2n) is 3.53. The Morgan fingerprint density at radius 3 is 3.07 bits per heavy atom. The molecule has 4 nitrogen and oxygen atoms in total. The van der Waals surface area contributed by atoms with Crippen LogP contribution in [0.4, 0.5) is 4.79 Å². The Morgan fingerprint density at radius 2 is 2.50 bits per heavy atom.